The van der Waals surface area contributed by atoms with E-state index in [0.29, 0.717) is 31.0 Å². The first kappa shape index (κ1) is 15.4. The van der Waals surface area contributed by atoms with Gasteiger partial charge in [-0.15, -0.1) is 0 Å². The summed E-state index contributed by atoms with van der Waals surface area (Å²) in [7, 11) is 0. The van der Waals surface area contributed by atoms with E-state index >= 15 is 0 Å². The van der Waals surface area contributed by atoms with Crippen molar-refractivity contribution in [2.45, 2.75) is 89.5 Å². The molecule has 4 rings (SSSR count). The number of hydrogen-bond donors (Lipinski definition) is 1. The van der Waals surface area contributed by atoms with Crippen molar-refractivity contribution in [3.63, 3.8) is 0 Å². The van der Waals surface area contributed by atoms with Gasteiger partial charge < -0.3 is 5.32 Å². The number of rotatable bonds is 0. The Hall–Kier alpha value is -1.12. The molecule has 3 unspecified atom stereocenters. The number of amides is 1. The third kappa shape index (κ3) is 2.66. The molecular weight excluding hydrogens is 286 g/mol. The number of carbonyl (C=O) groups is 2. The second-order valence-electron chi connectivity index (χ2n) is 8.27. The Morgan fingerprint density at radius 1 is 0.913 bits per heavy atom. The van der Waals surface area contributed by atoms with Crippen molar-refractivity contribution in [3.8, 4) is 0 Å². The highest BCUT2D eigenvalue weighted by Crippen LogP contribution is 2.57. The quantitative estimate of drug-likeness (QED) is 0.685. The van der Waals surface area contributed by atoms with Gasteiger partial charge in [-0.2, -0.15) is 0 Å². The van der Waals surface area contributed by atoms with Crippen molar-refractivity contribution < 1.29 is 9.59 Å². The third-order valence-corrected chi connectivity index (χ3v) is 6.89. The van der Waals surface area contributed by atoms with Crippen molar-refractivity contribution in [1.82, 2.24) is 5.32 Å². The van der Waals surface area contributed by atoms with Crippen molar-refractivity contribution in [3.05, 3.63) is 11.1 Å². The van der Waals surface area contributed by atoms with Crippen LogP contribution in [0.25, 0.3) is 0 Å². The number of hydrogen-bond acceptors (Lipinski definition) is 2. The summed E-state index contributed by atoms with van der Waals surface area (Å²) in [6.07, 6.45) is 13.4. The zero-order valence-corrected chi connectivity index (χ0v) is 14.2. The van der Waals surface area contributed by atoms with Crippen molar-refractivity contribution in [1.29, 1.82) is 0 Å². The standard InChI is InChI=1S/C20H29NO2/c22-16-8-2-4-10-18(23)21-19-15-7-5-11-20(19,13-16)17-9-3-1-6-14(17)12-15/h15,19H,1-13H2,(H,21,23). The van der Waals surface area contributed by atoms with Gasteiger partial charge in [0.15, 0.2) is 0 Å². The van der Waals surface area contributed by atoms with Crippen LogP contribution in [0, 0.1) is 11.3 Å². The van der Waals surface area contributed by atoms with Crippen LogP contribution >= 0.6 is 0 Å². The Kier molecular flexibility index (Phi) is 4.07. The summed E-state index contributed by atoms with van der Waals surface area (Å²) < 4.78 is 0. The van der Waals surface area contributed by atoms with Gasteiger partial charge in [-0.05, 0) is 63.7 Å². The molecule has 1 heterocycles. The van der Waals surface area contributed by atoms with Gasteiger partial charge in [0.05, 0.1) is 0 Å². The van der Waals surface area contributed by atoms with E-state index in [2.05, 4.69) is 5.32 Å². The number of ketones is 1. The summed E-state index contributed by atoms with van der Waals surface area (Å²) in [4.78, 5) is 25.1. The van der Waals surface area contributed by atoms with Gasteiger partial charge in [-0.1, -0.05) is 17.6 Å². The summed E-state index contributed by atoms with van der Waals surface area (Å²) in [6, 6.07) is 0.225. The molecule has 3 nitrogen and oxygen atoms in total. The van der Waals surface area contributed by atoms with Gasteiger partial charge in [0.25, 0.3) is 0 Å². The van der Waals surface area contributed by atoms with Gasteiger partial charge >= 0.3 is 0 Å². The Morgan fingerprint density at radius 2 is 1.70 bits per heavy atom. The zero-order chi connectivity index (χ0) is 15.9. The van der Waals surface area contributed by atoms with E-state index in [4.69, 9.17) is 0 Å². The summed E-state index contributed by atoms with van der Waals surface area (Å²) >= 11 is 0. The van der Waals surface area contributed by atoms with Gasteiger partial charge in [0.2, 0.25) is 5.91 Å². The van der Waals surface area contributed by atoms with Crippen LogP contribution in [0.5, 0.6) is 0 Å². The Labute approximate surface area is 139 Å². The lowest BCUT2D eigenvalue weighted by Gasteiger charge is -2.55. The van der Waals surface area contributed by atoms with E-state index in [0.717, 1.165) is 19.3 Å². The lowest BCUT2D eigenvalue weighted by molar-refractivity contribution is -0.128. The molecule has 0 aromatic carbocycles. The third-order valence-electron chi connectivity index (χ3n) is 6.89. The second-order valence-corrected chi connectivity index (χ2v) is 8.27. The highest BCUT2D eigenvalue weighted by atomic mass is 16.1. The molecule has 0 aromatic heterocycles. The maximum absolute atomic E-state index is 12.7. The molecule has 2 bridgehead atoms. The van der Waals surface area contributed by atoms with Crippen LogP contribution in [-0.2, 0) is 9.59 Å². The fourth-order valence-corrected chi connectivity index (χ4v) is 5.98. The number of nitrogens with one attached hydrogen (secondary N) is 1. The topological polar surface area (TPSA) is 46.2 Å². The fraction of sp³-hybridized carbons (Fsp3) is 0.800. The predicted molar refractivity (Wildman–Crippen MR) is 89.9 cm³/mol. The molecule has 3 heteroatoms. The van der Waals surface area contributed by atoms with Crippen LogP contribution in [0.1, 0.15) is 83.5 Å². The average Bonchev–Trinajstić information content (AvgIpc) is 2.53. The minimum atomic E-state index is -0.0268. The molecule has 1 amide bonds. The molecule has 3 atom stereocenters. The summed E-state index contributed by atoms with van der Waals surface area (Å²) in [5, 5.41) is 3.41. The molecular formula is C20H29NO2. The Morgan fingerprint density at radius 3 is 2.61 bits per heavy atom. The molecule has 126 valence electrons. The van der Waals surface area contributed by atoms with E-state index in [-0.39, 0.29) is 17.4 Å². The molecule has 0 spiro atoms. The number of carbonyl (C=O) groups excluding carboxylic acids is 2. The van der Waals surface area contributed by atoms with Crippen LogP contribution in [0.2, 0.25) is 0 Å². The van der Waals surface area contributed by atoms with Gasteiger partial charge in [-0.25, -0.2) is 0 Å². The molecule has 1 saturated heterocycles. The Balaban J connectivity index is 1.77. The zero-order valence-electron chi connectivity index (χ0n) is 14.2. The lowest BCUT2D eigenvalue weighted by atomic mass is 9.52. The highest BCUT2D eigenvalue weighted by Gasteiger charge is 2.53. The van der Waals surface area contributed by atoms with Crippen molar-refractivity contribution >= 4 is 11.7 Å². The summed E-state index contributed by atoms with van der Waals surface area (Å²) in [5.74, 6) is 1.23. The molecule has 4 aliphatic rings. The first-order chi connectivity index (χ1) is 11.2. The van der Waals surface area contributed by atoms with Gasteiger partial charge in [-0.3, -0.25) is 9.59 Å². The SMILES string of the molecule is O=C1CCCCC(=O)NC2C3CCCC2(C1)C1=C(CCCC1)C3. The second kappa shape index (κ2) is 6.07. The van der Waals surface area contributed by atoms with Crippen LogP contribution in [0.15, 0.2) is 11.1 Å². The summed E-state index contributed by atoms with van der Waals surface area (Å²) in [5.41, 5.74) is 3.23. The predicted octanol–water partition coefficient (Wildman–Crippen LogP) is 4.07. The molecule has 0 aromatic rings. The summed E-state index contributed by atoms with van der Waals surface area (Å²) in [6.45, 7) is 0. The minimum Gasteiger partial charge on any atom is -0.352 e. The van der Waals surface area contributed by atoms with Crippen LogP contribution in [0.3, 0.4) is 0 Å². The monoisotopic (exact) mass is 315 g/mol. The average molecular weight is 315 g/mol. The molecule has 1 N–H and O–H groups in total. The van der Waals surface area contributed by atoms with Crippen LogP contribution in [0.4, 0.5) is 0 Å². The van der Waals surface area contributed by atoms with Crippen molar-refractivity contribution in [2.24, 2.45) is 11.3 Å². The first-order valence-corrected chi connectivity index (χ1v) is 9.71. The molecule has 3 aliphatic carbocycles. The maximum atomic E-state index is 12.7. The molecule has 1 aliphatic heterocycles. The maximum Gasteiger partial charge on any atom is 0.220 e. The van der Waals surface area contributed by atoms with Gasteiger partial charge in [0, 0.05) is 30.7 Å². The highest BCUT2D eigenvalue weighted by molar-refractivity contribution is 5.81. The minimum absolute atomic E-state index is 0.0268. The van der Waals surface area contributed by atoms with E-state index in [1.807, 2.05) is 0 Å². The molecule has 2 fully saturated rings. The Bertz CT molecular complexity index is 550. The van der Waals surface area contributed by atoms with E-state index < -0.39 is 0 Å². The van der Waals surface area contributed by atoms with Crippen LogP contribution in [-0.4, -0.2) is 17.7 Å². The fourth-order valence-electron chi connectivity index (χ4n) is 5.98. The number of Topliss-reactive ketones (excluding diaryl/α,β-unsaturated/α-hetero) is 1. The molecule has 1 saturated carbocycles. The van der Waals surface area contributed by atoms with Crippen LogP contribution < -0.4 is 5.32 Å². The van der Waals surface area contributed by atoms with E-state index in [1.54, 1.807) is 11.1 Å². The molecule has 23 heavy (non-hydrogen) atoms. The smallest absolute Gasteiger partial charge is 0.220 e. The number of allylic oxidation sites excluding steroid dienone is 1. The largest absolute Gasteiger partial charge is 0.352 e. The normalized spacial score (nSPS) is 38.4. The van der Waals surface area contributed by atoms with Crippen molar-refractivity contribution in [2.75, 3.05) is 0 Å². The molecule has 0 radical (unpaired) electrons. The lowest BCUT2D eigenvalue weighted by Crippen LogP contribution is -2.58. The van der Waals surface area contributed by atoms with E-state index in [9.17, 15) is 9.59 Å². The van der Waals surface area contributed by atoms with E-state index in [1.165, 1.54) is 44.9 Å². The first-order valence-electron chi connectivity index (χ1n) is 9.71. The van der Waals surface area contributed by atoms with Gasteiger partial charge in [0.1, 0.15) is 5.78 Å².